The Morgan fingerprint density at radius 3 is 2.31 bits per heavy atom. The molecule has 0 bridgehead atoms. The molecule has 0 fully saturated rings. The van der Waals surface area contributed by atoms with Crippen LogP contribution in [0.1, 0.15) is 0 Å². The van der Waals surface area contributed by atoms with Gasteiger partial charge in [-0.2, -0.15) is 0 Å². The fourth-order valence-electron chi connectivity index (χ4n) is 2.00. The van der Waals surface area contributed by atoms with Crippen molar-refractivity contribution in [3.8, 4) is 0 Å². The van der Waals surface area contributed by atoms with Gasteiger partial charge in [0.1, 0.15) is 30.4 Å². The molecule has 6 nitrogen and oxygen atoms in total. The normalized spacial score (nSPS) is 12.4. The molecule has 11 heteroatoms. The molecule has 0 atom stereocenters. The van der Waals surface area contributed by atoms with Gasteiger partial charge in [-0.15, -0.1) is 0 Å². The maximum Gasteiger partial charge on any atom is 0.273 e. The fourth-order valence-corrected chi connectivity index (χ4v) is 4.15. The summed E-state index contributed by atoms with van der Waals surface area (Å²) in [4.78, 5) is -1.28. The van der Waals surface area contributed by atoms with Gasteiger partial charge in [-0.1, -0.05) is 24.8 Å². The van der Waals surface area contributed by atoms with E-state index in [1.54, 1.807) is 0 Å². The number of hydrogen-bond donors (Lipinski definition) is 0. The molecule has 26 heavy (non-hydrogen) atoms. The number of aromatic nitrogens is 1. The molecule has 2 rings (SSSR count). The van der Waals surface area contributed by atoms with Gasteiger partial charge in [0.15, 0.2) is 10.7 Å². The predicted molar refractivity (Wildman–Crippen MR) is 91.5 cm³/mol. The smallest absolute Gasteiger partial charge is 0.273 e. The number of benzene rings is 1. The highest BCUT2D eigenvalue weighted by Gasteiger charge is 2.33. The Morgan fingerprint density at radius 1 is 1.19 bits per heavy atom. The largest absolute Gasteiger partial charge is 0.363 e. The number of hydrogen-bond acceptors (Lipinski definition) is 5. The Hall–Kier alpha value is -1.85. The highest BCUT2D eigenvalue weighted by molar-refractivity contribution is 7.92. The molecule has 0 radical (unpaired) electrons. The molecule has 0 aliphatic heterocycles. The van der Waals surface area contributed by atoms with Gasteiger partial charge in [0, 0.05) is 32.9 Å². The second-order valence-electron chi connectivity index (χ2n) is 6.76. The van der Waals surface area contributed by atoms with Crippen molar-refractivity contribution in [2.45, 2.75) is 30.6 Å². The standard InChI is InChI=1S/C15H19F3N2O4SSi/c1-26(2,3)7-6-23-10-20(14-4-5-24-19-14)25(21,22)15-12(17)8-11(16)9-13(15)18/h4-5,8-9H,6-7,10H2,1-3H3. The van der Waals surface area contributed by atoms with Gasteiger partial charge >= 0.3 is 0 Å². The van der Waals surface area contributed by atoms with Crippen molar-refractivity contribution in [3.63, 3.8) is 0 Å². The molecular formula is C15H19F3N2O4SSi. The minimum Gasteiger partial charge on any atom is -0.363 e. The summed E-state index contributed by atoms with van der Waals surface area (Å²) in [5.41, 5.74) is 0. The van der Waals surface area contributed by atoms with Crippen LogP contribution in [0.15, 0.2) is 33.9 Å². The van der Waals surface area contributed by atoms with Gasteiger partial charge in [0.05, 0.1) is 0 Å². The van der Waals surface area contributed by atoms with Crippen LogP contribution >= 0.6 is 0 Å². The van der Waals surface area contributed by atoms with E-state index in [1.165, 1.54) is 6.07 Å². The Kier molecular flexibility index (Phi) is 6.14. The zero-order valence-electron chi connectivity index (χ0n) is 14.5. The average molecular weight is 408 g/mol. The van der Waals surface area contributed by atoms with Crippen molar-refractivity contribution < 1.29 is 30.8 Å². The molecule has 0 aliphatic rings. The molecule has 0 unspecified atom stereocenters. The summed E-state index contributed by atoms with van der Waals surface area (Å²) in [5, 5.41) is 3.49. The van der Waals surface area contributed by atoms with E-state index >= 15 is 0 Å². The maximum atomic E-state index is 14.0. The Labute approximate surface area is 150 Å². The summed E-state index contributed by atoms with van der Waals surface area (Å²) in [6.07, 6.45) is 1.11. The van der Waals surface area contributed by atoms with Gasteiger partial charge in [0.2, 0.25) is 0 Å². The molecule has 144 valence electrons. The van der Waals surface area contributed by atoms with Gasteiger partial charge < -0.3 is 9.26 Å². The Morgan fingerprint density at radius 2 is 1.81 bits per heavy atom. The molecule has 0 spiro atoms. The van der Waals surface area contributed by atoms with E-state index in [0.717, 1.165) is 12.3 Å². The van der Waals surface area contributed by atoms with Crippen LogP contribution < -0.4 is 4.31 Å². The first-order valence-electron chi connectivity index (χ1n) is 7.68. The average Bonchev–Trinajstić information content (AvgIpc) is 2.97. The van der Waals surface area contributed by atoms with Gasteiger partial charge in [0.25, 0.3) is 10.0 Å². The van der Waals surface area contributed by atoms with E-state index < -0.39 is 47.2 Å². The first-order chi connectivity index (χ1) is 12.0. The molecule has 2 aromatic rings. The molecule has 0 amide bonds. The summed E-state index contributed by atoms with van der Waals surface area (Å²) in [6, 6.07) is 2.56. The van der Waals surface area contributed by atoms with Crippen LogP contribution in [-0.4, -0.2) is 35.0 Å². The SMILES string of the molecule is C[Si](C)(C)CCOCN(c1ccon1)S(=O)(=O)c1c(F)cc(F)cc1F. The Balaban J connectivity index is 2.33. The lowest BCUT2D eigenvalue weighted by atomic mass is 10.3. The topological polar surface area (TPSA) is 72.6 Å². The quantitative estimate of drug-likeness (QED) is 0.379. The van der Waals surface area contributed by atoms with Crippen molar-refractivity contribution in [2.24, 2.45) is 0 Å². The van der Waals surface area contributed by atoms with E-state index in [1.807, 2.05) is 0 Å². The van der Waals surface area contributed by atoms with Crippen LogP contribution in [0.3, 0.4) is 0 Å². The number of sulfonamides is 1. The lowest BCUT2D eigenvalue weighted by Crippen LogP contribution is -2.35. The van der Waals surface area contributed by atoms with Crippen LogP contribution in [0.2, 0.25) is 25.7 Å². The molecule has 0 saturated heterocycles. The summed E-state index contributed by atoms with van der Waals surface area (Å²) in [5.74, 6) is -4.52. The second-order valence-corrected chi connectivity index (χ2v) is 14.2. The first-order valence-corrected chi connectivity index (χ1v) is 12.8. The summed E-state index contributed by atoms with van der Waals surface area (Å²) >= 11 is 0. The zero-order chi connectivity index (χ0) is 19.5. The summed E-state index contributed by atoms with van der Waals surface area (Å²) < 4.78 is 77.1. The van der Waals surface area contributed by atoms with Crippen molar-refractivity contribution in [1.29, 1.82) is 0 Å². The zero-order valence-corrected chi connectivity index (χ0v) is 16.3. The summed E-state index contributed by atoms with van der Waals surface area (Å²) in [7, 11) is -6.16. The first kappa shape index (κ1) is 20.5. The molecule has 0 saturated carbocycles. The molecular weight excluding hydrogens is 389 g/mol. The monoisotopic (exact) mass is 408 g/mol. The highest BCUT2D eigenvalue weighted by Crippen LogP contribution is 2.27. The van der Waals surface area contributed by atoms with Crippen LogP contribution in [0, 0.1) is 17.5 Å². The minimum atomic E-state index is -4.74. The number of nitrogens with zero attached hydrogens (tertiary/aromatic N) is 2. The Bertz CT molecular complexity index is 831. The minimum absolute atomic E-state index is 0.207. The third kappa shape index (κ3) is 4.86. The number of halogens is 3. The third-order valence-corrected chi connectivity index (χ3v) is 6.88. The van der Waals surface area contributed by atoms with E-state index in [-0.39, 0.29) is 12.4 Å². The van der Waals surface area contributed by atoms with Gasteiger partial charge in [-0.3, -0.25) is 0 Å². The molecule has 1 aromatic carbocycles. The van der Waals surface area contributed by atoms with Crippen molar-refractivity contribution in [3.05, 3.63) is 41.9 Å². The predicted octanol–water partition coefficient (Wildman–Crippen LogP) is 3.60. The van der Waals surface area contributed by atoms with E-state index in [4.69, 9.17) is 4.74 Å². The lowest BCUT2D eigenvalue weighted by Gasteiger charge is -2.23. The van der Waals surface area contributed by atoms with Crippen molar-refractivity contribution in [1.82, 2.24) is 5.16 Å². The van der Waals surface area contributed by atoms with Gasteiger partial charge in [-0.05, 0) is 6.04 Å². The van der Waals surface area contributed by atoms with E-state index in [2.05, 4.69) is 29.3 Å². The van der Waals surface area contributed by atoms with Crippen molar-refractivity contribution >= 4 is 23.9 Å². The van der Waals surface area contributed by atoms with Crippen LogP contribution in [0.5, 0.6) is 0 Å². The molecule has 0 N–H and O–H groups in total. The summed E-state index contributed by atoms with van der Waals surface area (Å²) in [6.45, 7) is 6.10. The van der Waals surface area contributed by atoms with Crippen LogP contribution in [-0.2, 0) is 14.8 Å². The third-order valence-electron chi connectivity index (χ3n) is 3.40. The molecule has 1 heterocycles. The number of anilines is 1. The second kappa shape index (κ2) is 7.80. The highest BCUT2D eigenvalue weighted by atomic mass is 32.2. The number of rotatable bonds is 8. The van der Waals surface area contributed by atoms with Crippen LogP contribution in [0.25, 0.3) is 0 Å². The van der Waals surface area contributed by atoms with Gasteiger partial charge in [-0.25, -0.2) is 25.9 Å². The maximum absolute atomic E-state index is 14.0. The number of ether oxygens (including phenoxy) is 1. The molecule has 1 aromatic heterocycles. The van der Waals surface area contributed by atoms with Crippen LogP contribution in [0.4, 0.5) is 19.0 Å². The fraction of sp³-hybridized carbons (Fsp3) is 0.400. The van der Waals surface area contributed by atoms with E-state index in [0.29, 0.717) is 16.4 Å². The van der Waals surface area contributed by atoms with E-state index in [9.17, 15) is 21.6 Å². The van der Waals surface area contributed by atoms with Crippen molar-refractivity contribution in [2.75, 3.05) is 17.6 Å². The molecule has 0 aliphatic carbocycles. The lowest BCUT2D eigenvalue weighted by molar-refractivity contribution is 0.155.